The number of aromatic nitrogens is 3. The molecule has 3 heterocycles. The zero-order valence-corrected chi connectivity index (χ0v) is 15.5. The number of esters is 1. The van der Waals surface area contributed by atoms with Gasteiger partial charge in [0.05, 0.1) is 11.1 Å². The summed E-state index contributed by atoms with van der Waals surface area (Å²) >= 11 is 0. The fourth-order valence-electron chi connectivity index (χ4n) is 2.98. The second kappa shape index (κ2) is 6.66. The number of fused-ring (bicyclic) bond motifs is 1. The van der Waals surface area contributed by atoms with Gasteiger partial charge in [-0.25, -0.2) is 13.9 Å². The Kier molecular flexibility index (Phi) is 4.74. The Bertz CT molecular complexity index is 965. The molecule has 0 aliphatic carbocycles. The Balaban J connectivity index is 1.98. The lowest BCUT2D eigenvalue weighted by atomic mass is 9.92. The molecule has 0 saturated carbocycles. The normalized spacial score (nSPS) is 27.7. The molecular weight excluding hydrogens is 373 g/mol. The second-order valence-corrected chi connectivity index (χ2v) is 7.57. The number of nitriles is 1. The van der Waals surface area contributed by atoms with Crippen LogP contribution < -0.4 is 5.73 Å². The molecule has 150 valence electrons. The van der Waals surface area contributed by atoms with Crippen molar-refractivity contribution in [2.45, 2.75) is 44.7 Å². The molecule has 1 aliphatic heterocycles. The maximum Gasteiger partial charge on any atom is 0.311 e. The molecule has 10 nitrogen and oxygen atoms in total. The number of hydrogen-bond acceptors (Lipinski definition) is 9. The first-order valence-corrected chi connectivity index (χ1v) is 8.43. The van der Waals surface area contributed by atoms with Crippen molar-refractivity contribution < 1.29 is 28.9 Å². The minimum atomic E-state index is -2.16. The van der Waals surface area contributed by atoms with Crippen LogP contribution in [-0.4, -0.2) is 55.7 Å². The lowest BCUT2D eigenvalue weighted by molar-refractivity contribution is -0.159. The number of hydrogen-bond donors (Lipinski definition) is 3. The SMILES string of the molecule is CC(C)(C)C(=O)OC[C@H]1O[C@@](C#N)(c2cc(F)c3c(N)ncnn23)[C@H](O)[C@@H]1O. The largest absolute Gasteiger partial charge is 0.462 e. The van der Waals surface area contributed by atoms with Crippen molar-refractivity contribution in [3.05, 3.63) is 23.9 Å². The van der Waals surface area contributed by atoms with Gasteiger partial charge in [0, 0.05) is 6.07 Å². The first-order valence-electron chi connectivity index (χ1n) is 8.43. The molecule has 0 spiro atoms. The monoisotopic (exact) mass is 393 g/mol. The third-order valence-corrected chi connectivity index (χ3v) is 4.53. The van der Waals surface area contributed by atoms with Gasteiger partial charge in [0.15, 0.2) is 11.6 Å². The summed E-state index contributed by atoms with van der Waals surface area (Å²) in [6.07, 6.45) is -3.49. The smallest absolute Gasteiger partial charge is 0.311 e. The Morgan fingerprint density at radius 3 is 2.82 bits per heavy atom. The van der Waals surface area contributed by atoms with E-state index in [1.807, 2.05) is 0 Å². The summed E-state index contributed by atoms with van der Waals surface area (Å²) in [5.41, 5.74) is 2.34. The average molecular weight is 393 g/mol. The number of ether oxygens (including phenoxy) is 2. The van der Waals surface area contributed by atoms with E-state index in [0.29, 0.717) is 0 Å². The van der Waals surface area contributed by atoms with Crippen LogP contribution in [0.25, 0.3) is 5.52 Å². The van der Waals surface area contributed by atoms with Gasteiger partial charge in [0.1, 0.15) is 42.8 Å². The molecule has 0 bridgehead atoms. The predicted octanol–water partition coefficient (Wildman–Crippen LogP) is -0.121. The number of carbonyl (C=O) groups excluding carboxylic acids is 1. The van der Waals surface area contributed by atoms with E-state index < -0.39 is 47.7 Å². The first-order chi connectivity index (χ1) is 13.0. The van der Waals surface area contributed by atoms with Gasteiger partial charge in [0.25, 0.3) is 0 Å². The Labute approximate surface area is 159 Å². The van der Waals surface area contributed by atoms with Crippen LogP contribution in [0.5, 0.6) is 0 Å². The molecule has 0 unspecified atom stereocenters. The number of anilines is 1. The van der Waals surface area contributed by atoms with Gasteiger partial charge >= 0.3 is 5.97 Å². The fourth-order valence-corrected chi connectivity index (χ4v) is 2.98. The number of halogens is 1. The van der Waals surface area contributed by atoms with Gasteiger partial charge < -0.3 is 25.4 Å². The highest BCUT2D eigenvalue weighted by atomic mass is 19.1. The number of aliphatic hydroxyl groups is 2. The fraction of sp³-hybridized carbons (Fsp3) is 0.529. The highest BCUT2D eigenvalue weighted by molar-refractivity contribution is 5.75. The van der Waals surface area contributed by atoms with Crippen LogP contribution in [0, 0.1) is 22.6 Å². The minimum absolute atomic E-state index is 0.171. The number of nitrogens with zero attached hydrogens (tertiary/aromatic N) is 4. The molecule has 1 aliphatic rings. The van der Waals surface area contributed by atoms with Crippen LogP contribution in [0.4, 0.5) is 10.2 Å². The van der Waals surface area contributed by atoms with Gasteiger partial charge in [-0.1, -0.05) is 0 Å². The third-order valence-electron chi connectivity index (χ3n) is 4.53. The summed E-state index contributed by atoms with van der Waals surface area (Å²) in [4.78, 5) is 15.6. The van der Waals surface area contributed by atoms with Crippen LogP contribution in [0.2, 0.25) is 0 Å². The molecule has 1 fully saturated rings. The van der Waals surface area contributed by atoms with Crippen molar-refractivity contribution in [2.24, 2.45) is 5.41 Å². The summed E-state index contributed by atoms with van der Waals surface area (Å²) < 4.78 is 26.1. The summed E-state index contributed by atoms with van der Waals surface area (Å²) in [6.45, 7) is 4.54. The van der Waals surface area contributed by atoms with Crippen molar-refractivity contribution in [3.63, 3.8) is 0 Å². The van der Waals surface area contributed by atoms with Crippen molar-refractivity contribution in [1.29, 1.82) is 5.26 Å². The molecule has 3 rings (SSSR count). The van der Waals surface area contributed by atoms with Gasteiger partial charge in [-0.15, -0.1) is 0 Å². The van der Waals surface area contributed by atoms with E-state index in [1.54, 1.807) is 26.8 Å². The Morgan fingerprint density at radius 1 is 1.54 bits per heavy atom. The molecule has 1 saturated heterocycles. The van der Waals surface area contributed by atoms with Crippen LogP contribution in [0.15, 0.2) is 12.4 Å². The quantitative estimate of drug-likeness (QED) is 0.605. The molecule has 0 radical (unpaired) electrons. The van der Waals surface area contributed by atoms with Crippen LogP contribution in [-0.2, 0) is 19.9 Å². The molecule has 4 N–H and O–H groups in total. The van der Waals surface area contributed by atoms with Crippen LogP contribution >= 0.6 is 0 Å². The van der Waals surface area contributed by atoms with Crippen LogP contribution in [0.3, 0.4) is 0 Å². The van der Waals surface area contributed by atoms with Crippen molar-refractivity contribution in [2.75, 3.05) is 12.3 Å². The van der Waals surface area contributed by atoms with Crippen LogP contribution in [0.1, 0.15) is 26.5 Å². The lowest BCUT2D eigenvalue weighted by Crippen LogP contribution is -2.41. The van der Waals surface area contributed by atoms with Gasteiger partial charge in [-0.05, 0) is 20.8 Å². The maximum atomic E-state index is 14.4. The molecule has 28 heavy (non-hydrogen) atoms. The topological polar surface area (TPSA) is 156 Å². The summed E-state index contributed by atoms with van der Waals surface area (Å²) in [6, 6.07) is 2.72. The van der Waals surface area contributed by atoms with E-state index in [4.69, 9.17) is 15.2 Å². The molecule has 11 heteroatoms. The maximum absolute atomic E-state index is 14.4. The highest BCUT2D eigenvalue weighted by Gasteiger charge is 2.58. The number of nitrogen functional groups attached to an aromatic ring is 1. The van der Waals surface area contributed by atoms with E-state index >= 15 is 0 Å². The molecule has 2 aromatic rings. The third kappa shape index (κ3) is 2.95. The summed E-state index contributed by atoms with van der Waals surface area (Å²) in [7, 11) is 0. The van der Waals surface area contributed by atoms with Gasteiger partial charge in [0.2, 0.25) is 5.60 Å². The van der Waals surface area contributed by atoms with Crippen molar-refractivity contribution in [1.82, 2.24) is 14.6 Å². The van der Waals surface area contributed by atoms with Crippen molar-refractivity contribution >= 4 is 17.3 Å². The predicted molar refractivity (Wildman–Crippen MR) is 91.9 cm³/mol. The average Bonchev–Trinajstić information content (AvgIpc) is 3.09. The van der Waals surface area contributed by atoms with Crippen molar-refractivity contribution in [3.8, 4) is 6.07 Å². The molecule has 0 aromatic carbocycles. The van der Waals surface area contributed by atoms with Gasteiger partial charge in [-0.2, -0.15) is 10.4 Å². The zero-order valence-electron chi connectivity index (χ0n) is 15.5. The summed E-state index contributed by atoms with van der Waals surface area (Å²) in [5, 5.41) is 34.5. The van der Waals surface area contributed by atoms with E-state index in [9.17, 15) is 24.7 Å². The number of aliphatic hydroxyl groups excluding tert-OH is 2. The van der Waals surface area contributed by atoms with E-state index in [0.717, 1.165) is 16.9 Å². The highest BCUT2D eigenvalue weighted by Crippen LogP contribution is 2.41. The molecular formula is C17H20FN5O5. The van der Waals surface area contributed by atoms with E-state index in [1.165, 1.54) is 0 Å². The Morgan fingerprint density at radius 2 is 2.21 bits per heavy atom. The summed E-state index contributed by atoms with van der Waals surface area (Å²) in [5.74, 6) is -1.54. The van der Waals surface area contributed by atoms with E-state index in [2.05, 4.69) is 10.1 Å². The van der Waals surface area contributed by atoms with E-state index in [-0.39, 0.29) is 17.0 Å². The second-order valence-electron chi connectivity index (χ2n) is 7.57. The molecule has 2 aromatic heterocycles. The Hall–Kier alpha value is -2.81. The standard InChI is InChI=1S/C17H20FN5O5/c1-16(2,3)15(26)27-5-9-12(24)13(25)17(6-19,28-9)10-4-8(18)11-14(20)21-7-22-23(10)11/h4,7,9,12-13,24-25H,5H2,1-3H3,(H2,20,21,22)/t9-,12-,13-,17+/m1/s1. The number of rotatable bonds is 3. The number of carbonyl (C=O) groups is 1. The number of nitrogens with two attached hydrogens (primary N) is 1. The molecule has 0 amide bonds. The molecule has 4 atom stereocenters. The van der Waals surface area contributed by atoms with Gasteiger partial charge in [-0.3, -0.25) is 4.79 Å². The minimum Gasteiger partial charge on any atom is -0.462 e. The zero-order chi connectivity index (χ0) is 20.9. The lowest BCUT2D eigenvalue weighted by Gasteiger charge is -2.24. The first kappa shape index (κ1) is 19.9.